The highest BCUT2D eigenvalue weighted by Gasteiger charge is 2.39. The van der Waals surface area contributed by atoms with Crippen molar-refractivity contribution in [3.8, 4) is 0 Å². The molecule has 2 aliphatic rings. The summed E-state index contributed by atoms with van der Waals surface area (Å²) >= 11 is 0. The number of benzene rings is 1. The molecule has 0 saturated carbocycles. The van der Waals surface area contributed by atoms with Crippen LogP contribution in [0, 0.1) is 17.6 Å². The lowest BCUT2D eigenvalue weighted by molar-refractivity contribution is 0.412. The van der Waals surface area contributed by atoms with Crippen LogP contribution >= 0.6 is 0 Å². The second kappa shape index (κ2) is 4.65. The fourth-order valence-corrected chi connectivity index (χ4v) is 3.47. The molecule has 0 fully saturated rings. The molecule has 0 saturated heterocycles. The van der Waals surface area contributed by atoms with Crippen LogP contribution in [-0.4, -0.2) is 4.98 Å². The van der Waals surface area contributed by atoms with Crippen molar-refractivity contribution >= 4 is 5.69 Å². The van der Waals surface area contributed by atoms with Crippen molar-refractivity contribution in [3.05, 3.63) is 71.6 Å². The van der Waals surface area contributed by atoms with Gasteiger partial charge in [-0.2, -0.15) is 0 Å². The molecule has 0 radical (unpaired) electrons. The lowest BCUT2D eigenvalue weighted by atomic mass is 9.78. The third-order valence-corrected chi connectivity index (χ3v) is 4.39. The number of nitrogens with zero attached hydrogens (tertiary/aromatic N) is 1. The average molecular weight is 284 g/mol. The van der Waals surface area contributed by atoms with Crippen molar-refractivity contribution in [3.63, 3.8) is 0 Å². The number of rotatable bonds is 1. The molecule has 21 heavy (non-hydrogen) atoms. The zero-order valence-electron chi connectivity index (χ0n) is 11.3. The highest BCUT2D eigenvalue weighted by atomic mass is 19.1. The van der Waals surface area contributed by atoms with Crippen molar-refractivity contribution in [2.75, 3.05) is 5.32 Å². The van der Waals surface area contributed by atoms with Gasteiger partial charge in [0.25, 0.3) is 0 Å². The van der Waals surface area contributed by atoms with Gasteiger partial charge in [0.15, 0.2) is 0 Å². The standard InChI is InChI=1S/C17H14F2N2/c18-10-8-13-11-4-3-5-12(11)17(15-6-1-2-7-20-15)21-16(13)14(19)9-10/h1-4,6-9,11-12,17,21H,5H2/t11-,12+,17-/m0/s1. The van der Waals surface area contributed by atoms with Gasteiger partial charge in [-0.3, -0.25) is 4.98 Å². The quantitative estimate of drug-likeness (QED) is 0.794. The summed E-state index contributed by atoms with van der Waals surface area (Å²) in [6, 6.07) is 8.05. The Bertz CT molecular complexity index is 712. The number of aromatic nitrogens is 1. The van der Waals surface area contributed by atoms with E-state index in [9.17, 15) is 8.78 Å². The summed E-state index contributed by atoms with van der Waals surface area (Å²) in [6.07, 6.45) is 6.77. The van der Waals surface area contributed by atoms with E-state index in [2.05, 4.69) is 22.5 Å². The van der Waals surface area contributed by atoms with Gasteiger partial charge in [0.2, 0.25) is 0 Å². The Labute approximate surface area is 121 Å². The molecular formula is C17H14F2N2. The topological polar surface area (TPSA) is 24.9 Å². The molecular weight excluding hydrogens is 270 g/mol. The van der Waals surface area contributed by atoms with Crippen LogP contribution in [0.15, 0.2) is 48.7 Å². The van der Waals surface area contributed by atoms with Gasteiger partial charge in [-0.25, -0.2) is 8.78 Å². The molecule has 1 aliphatic carbocycles. The first kappa shape index (κ1) is 12.5. The van der Waals surface area contributed by atoms with Crippen LogP contribution in [-0.2, 0) is 0 Å². The molecule has 0 spiro atoms. The average Bonchev–Trinajstić information content (AvgIpc) is 2.97. The molecule has 4 heteroatoms. The van der Waals surface area contributed by atoms with Gasteiger partial charge in [-0.15, -0.1) is 0 Å². The first-order valence-corrected chi connectivity index (χ1v) is 7.07. The summed E-state index contributed by atoms with van der Waals surface area (Å²) in [4.78, 5) is 4.40. The minimum Gasteiger partial charge on any atom is -0.374 e. The van der Waals surface area contributed by atoms with Crippen molar-refractivity contribution in [2.45, 2.75) is 18.4 Å². The Morgan fingerprint density at radius 3 is 2.90 bits per heavy atom. The van der Waals surface area contributed by atoms with Crippen LogP contribution < -0.4 is 5.32 Å². The largest absolute Gasteiger partial charge is 0.374 e. The van der Waals surface area contributed by atoms with Gasteiger partial charge in [0.1, 0.15) is 11.6 Å². The van der Waals surface area contributed by atoms with Crippen LogP contribution in [0.25, 0.3) is 0 Å². The van der Waals surface area contributed by atoms with Crippen LogP contribution in [0.4, 0.5) is 14.5 Å². The van der Waals surface area contributed by atoms with Gasteiger partial charge < -0.3 is 5.32 Å². The zero-order valence-corrected chi connectivity index (χ0v) is 11.3. The Kier molecular flexibility index (Phi) is 2.77. The van der Waals surface area contributed by atoms with Gasteiger partial charge in [-0.1, -0.05) is 18.2 Å². The maximum Gasteiger partial charge on any atom is 0.149 e. The van der Waals surface area contributed by atoms with E-state index in [0.717, 1.165) is 18.2 Å². The molecule has 2 nitrogen and oxygen atoms in total. The maximum atomic E-state index is 14.1. The van der Waals surface area contributed by atoms with Crippen LogP contribution in [0.1, 0.15) is 29.6 Å². The minimum absolute atomic E-state index is 0.0402. The molecule has 0 unspecified atom stereocenters. The number of hydrogen-bond donors (Lipinski definition) is 1. The molecule has 0 amide bonds. The second-order valence-corrected chi connectivity index (χ2v) is 5.58. The Morgan fingerprint density at radius 2 is 2.10 bits per heavy atom. The van der Waals surface area contributed by atoms with Crippen molar-refractivity contribution in [2.24, 2.45) is 5.92 Å². The van der Waals surface area contributed by atoms with Crippen LogP contribution in [0.2, 0.25) is 0 Å². The van der Waals surface area contributed by atoms with Gasteiger partial charge in [-0.05, 0) is 36.1 Å². The minimum atomic E-state index is -0.537. The SMILES string of the molecule is Fc1cc(F)c2c(c1)[C@H]1C=CC[C@H]1[C@@H](c1ccccn1)N2. The van der Waals surface area contributed by atoms with Crippen molar-refractivity contribution < 1.29 is 8.78 Å². The highest BCUT2D eigenvalue weighted by Crippen LogP contribution is 2.50. The Morgan fingerprint density at radius 1 is 1.19 bits per heavy atom. The molecule has 0 bridgehead atoms. The lowest BCUT2D eigenvalue weighted by Gasteiger charge is -2.37. The number of anilines is 1. The zero-order chi connectivity index (χ0) is 14.4. The van der Waals surface area contributed by atoms with Crippen LogP contribution in [0.5, 0.6) is 0 Å². The number of nitrogens with one attached hydrogen (secondary N) is 1. The lowest BCUT2D eigenvalue weighted by Crippen LogP contribution is -2.30. The first-order valence-electron chi connectivity index (χ1n) is 7.07. The third-order valence-electron chi connectivity index (χ3n) is 4.39. The van der Waals surface area contributed by atoms with E-state index in [1.807, 2.05) is 18.2 Å². The molecule has 1 aliphatic heterocycles. The fraction of sp³-hybridized carbons (Fsp3) is 0.235. The predicted octanol–water partition coefficient (Wildman–Crippen LogP) is 4.19. The highest BCUT2D eigenvalue weighted by molar-refractivity contribution is 5.60. The summed E-state index contributed by atoms with van der Waals surface area (Å²) in [5, 5.41) is 3.24. The summed E-state index contributed by atoms with van der Waals surface area (Å²) in [6.45, 7) is 0. The van der Waals surface area contributed by atoms with E-state index in [4.69, 9.17) is 0 Å². The van der Waals surface area contributed by atoms with E-state index >= 15 is 0 Å². The number of pyridine rings is 1. The number of halogens is 2. The molecule has 3 atom stereocenters. The first-order chi connectivity index (χ1) is 10.2. The summed E-state index contributed by atoms with van der Waals surface area (Å²) in [5.41, 5.74) is 2.00. The smallest absolute Gasteiger partial charge is 0.149 e. The van der Waals surface area contributed by atoms with E-state index in [0.29, 0.717) is 11.3 Å². The number of fused-ring (bicyclic) bond motifs is 3. The van der Waals surface area contributed by atoms with Crippen LogP contribution in [0.3, 0.4) is 0 Å². The molecule has 2 aromatic rings. The van der Waals surface area contributed by atoms with E-state index < -0.39 is 11.6 Å². The van der Waals surface area contributed by atoms with E-state index in [-0.39, 0.29) is 17.9 Å². The second-order valence-electron chi connectivity index (χ2n) is 5.58. The summed E-state index contributed by atoms with van der Waals surface area (Å²) in [7, 11) is 0. The third kappa shape index (κ3) is 1.94. The summed E-state index contributed by atoms with van der Waals surface area (Å²) in [5.74, 6) is -0.778. The fourth-order valence-electron chi connectivity index (χ4n) is 3.47. The molecule has 106 valence electrons. The molecule has 1 aromatic heterocycles. The molecule has 2 heterocycles. The van der Waals surface area contributed by atoms with Crippen molar-refractivity contribution in [1.82, 2.24) is 4.98 Å². The Balaban J connectivity index is 1.84. The van der Waals surface area contributed by atoms with Crippen molar-refractivity contribution in [1.29, 1.82) is 0 Å². The Hall–Kier alpha value is -2.23. The van der Waals surface area contributed by atoms with E-state index in [1.165, 1.54) is 6.07 Å². The van der Waals surface area contributed by atoms with Gasteiger partial charge >= 0.3 is 0 Å². The molecule has 4 rings (SSSR count). The van der Waals surface area contributed by atoms with E-state index in [1.54, 1.807) is 6.20 Å². The number of allylic oxidation sites excluding steroid dienone is 2. The monoisotopic (exact) mass is 284 g/mol. The maximum absolute atomic E-state index is 14.1. The summed E-state index contributed by atoms with van der Waals surface area (Å²) < 4.78 is 27.7. The molecule has 1 N–H and O–H groups in total. The van der Waals surface area contributed by atoms with Gasteiger partial charge in [0, 0.05) is 18.2 Å². The molecule has 1 aromatic carbocycles. The number of hydrogen-bond acceptors (Lipinski definition) is 2. The normalized spacial score (nSPS) is 26.1. The van der Waals surface area contributed by atoms with Gasteiger partial charge in [0.05, 0.1) is 17.4 Å². The predicted molar refractivity (Wildman–Crippen MR) is 76.9 cm³/mol.